The van der Waals surface area contributed by atoms with Gasteiger partial charge in [0.2, 0.25) is 5.91 Å². The summed E-state index contributed by atoms with van der Waals surface area (Å²) in [5, 5.41) is 6.47. The smallest absolute Gasteiger partial charge is 0.234 e. The quantitative estimate of drug-likeness (QED) is 0.698. The maximum absolute atomic E-state index is 12.1. The number of nitrogens with zero attached hydrogens (tertiary/aromatic N) is 1. The van der Waals surface area contributed by atoms with E-state index >= 15 is 0 Å². The topological polar surface area (TPSA) is 53.6 Å². The van der Waals surface area contributed by atoms with Crippen LogP contribution in [0.2, 0.25) is 0 Å². The van der Waals surface area contributed by atoms with E-state index in [0.29, 0.717) is 25.2 Å². The molecule has 118 valence electrons. The van der Waals surface area contributed by atoms with Crippen LogP contribution in [0.1, 0.15) is 40.0 Å². The minimum atomic E-state index is 0.0736. The van der Waals surface area contributed by atoms with E-state index in [2.05, 4.69) is 29.4 Å². The van der Waals surface area contributed by atoms with E-state index in [1.807, 2.05) is 6.92 Å². The third kappa shape index (κ3) is 6.68. The first-order valence-corrected chi connectivity index (χ1v) is 7.78. The first kappa shape index (κ1) is 17.4. The normalized spacial score (nSPS) is 21.9. The van der Waals surface area contributed by atoms with Crippen molar-refractivity contribution in [2.45, 2.75) is 58.2 Å². The number of amides is 1. The van der Waals surface area contributed by atoms with Gasteiger partial charge in [-0.05, 0) is 26.3 Å². The van der Waals surface area contributed by atoms with Gasteiger partial charge in [-0.1, -0.05) is 20.3 Å². The van der Waals surface area contributed by atoms with E-state index in [0.717, 1.165) is 13.1 Å². The lowest BCUT2D eigenvalue weighted by molar-refractivity contribution is -0.124. The van der Waals surface area contributed by atoms with Gasteiger partial charge in [-0.25, -0.2) is 0 Å². The Morgan fingerprint density at radius 2 is 2.10 bits per heavy atom. The molecule has 1 aliphatic heterocycles. The molecule has 0 aromatic rings. The van der Waals surface area contributed by atoms with Crippen molar-refractivity contribution >= 4 is 5.91 Å². The first-order chi connectivity index (χ1) is 9.52. The fourth-order valence-corrected chi connectivity index (χ4v) is 2.67. The Labute approximate surface area is 123 Å². The van der Waals surface area contributed by atoms with Crippen LogP contribution in [-0.4, -0.2) is 62.3 Å². The van der Waals surface area contributed by atoms with Gasteiger partial charge in [0.1, 0.15) is 0 Å². The molecule has 1 amide bonds. The number of carbonyl (C=O) groups is 1. The van der Waals surface area contributed by atoms with Crippen LogP contribution in [0.5, 0.6) is 0 Å². The Morgan fingerprint density at radius 3 is 2.75 bits per heavy atom. The van der Waals surface area contributed by atoms with Gasteiger partial charge in [0.15, 0.2) is 0 Å². The van der Waals surface area contributed by atoms with Gasteiger partial charge in [0, 0.05) is 31.8 Å². The second-order valence-electron chi connectivity index (χ2n) is 6.11. The van der Waals surface area contributed by atoms with Crippen molar-refractivity contribution in [3.8, 4) is 0 Å². The van der Waals surface area contributed by atoms with Crippen LogP contribution in [0.15, 0.2) is 0 Å². The summed E-state index contributed by atoms with van der Waals surface area (Å²) in [7, 11) is 1.65. The highest BCUT2D eigenvalue weighted by atomic mass is 16.5. The lowest BCUT2D eigenvalue weighted by Crippen LogP contribution is -2.51. The fourth-order valence-electron chi connectivity index (χ4n) is 2.67. The number of hydrogen-bond donors (Lipinski definition) is 2. The molecule has 0 aromatic heterocycles. The van der Waals surface area contributed by atoms with Crippen molar-refractivity contribution in [3.63, 3.8) is 0 Å². The second kappa shape index (κ2) is 9.32. The molecule has 1 heterocycles. The monoisotopic (exact) mass is 285 g/mol. The molecule has 1 saturated heterocycles. The third-order valence-corrected chi connectivity index (χ3v) is 3.68. The maximum atomic E-state index is 12.1. The molecule has 2 unspecified atom stereocenters. The zero-order valence-electron chi connectivity index (χ0n) is 13.4. The SMILES string of the molecule is COCC(C)NC(=O)CN1CCCCC1CNC(C)C. The van der Waals surface area contributed by atoms with E-state index < -0.39 is 0 Å². The summed E-state index contributed by atoms with van der Waals surface area (Å²) in [6, 6.07) is 1.05. The molecule has 0 spiro atoms. The zero-order chi connectivity index (χ0) is 15.0. The van der Waals surface area contributed by atoms with Gasteiger partial charge in [-0.2, -0.15) is 0 Å². The molecule has 0 aromatic carbocycles. The molecule has 1 fully saturated rings. The van der Waals surface area contributed by atoms with Gasteiger partial charge >= 0.3 is 0 Å². The third-order valence-electron chi connectivity index (χ3n) is 3.68. The summed E-state index contributed by atoms with van der Waals surface area (Å²) in [5.74, 6) is 0.103. The van der Waals surface area contributed by atoms with Crippen LogP contribution in [0, 0.1) is 0 Å². The Kier molecular flexibility index (Phi) is 8.11. The lowest BCUT2D eigenvalue weighted by atomic mass is 10.0. The minimum absolute atomic E-state index is 0.0736. The number of nitrogens with one attached hydrogen (secondary N) is 2. The highest BCUT2D eigenvalue weighted by Gasteiger charge is 2.24. The molecule has 0 bridgehead atoms. The molecule has 5 nitrogen and oxygen atoms in total. The van der Waals surface area contributed by atoms with Gasteiger partial charge < -0.3 is 15.4 Å². The molecule has 2 atom stereocenters. The molecular weight excluding hydrogens is 254 g/mol. The van der Waals surface area contributed by atoms with E-state index in [-0.39, 0.29) is 11.9 Å². The summed E-state index contributed by atoms with van der Waals surface area (Å²) < 4.78 is 5.04. The summed E-state index contributed by atoms with van der Waals surface area (Å²) in [4.78, 5) is 14.4. The molecule has 0 saturated carbocycles. The van der Waals surface area contributed by atoms with Gasteiger partial charge in [0.25, 0.3) is 0 Å². The molecule has 1 rings (SSSR count). The number of likely N-dealkylation sites (tertiary alicyclic amines) is 1. The first-order valence-electron chi connectivity index (χ1n) is 7.78. The van der Waals surface area contributed by atoms with Crippen LogP contribution in [0.4, 0.5) is 0 Å². The lowest BCUT2D eigenvalue weighted by Gasteiger charge is -2.36. The minimum Gasteiger partial charge on any atom is -0.383 e. The average molecular weight is 285 g/mol. The number of hydrogen-bond acceptors (Lipinski definition) is 4. The number of piperidine rings is 1. The van der Waals surface area contributed by atoms with Gasteiger partial charge in [0.05, 0.1) is 13.2 Å². The predicted octanol–water partition coefficient (Wildman–Crippen LogP) is 0.990. The second-order valence-corrected chi connectivity index (χ2v) is 6.11. The Hall–Kier alpha value is -0.650. The highest BCUT2D eigenvalue weighted by molar-refractivity contribution is 5.78. The summed E-state index contributed by atoms with van der Waals surface area (Å²) in [5.41, 5.74) is 0. The maximum Gasteiger partial charge on any atom is 0.234 e. The molecule has 0 radical (unpaired) electrons. The van der Waals surface area contributed by atoms with Crippen LogP contribution in [-0.2, 0) is 9.53 Å². The highest BCUT2D eigenvalue weighted by Crippen LogP contribution is 2.16. The van der Waals surface area contributed by atoms with E-state index in [1.54, 1.807) is 7.11 Å². The van der Waals surface area contributed by atoms with Crippen molar-refractivity contribution < 1.29 is 9.53 Å². The fraction of sp³-hybridized carbons (Fsp3) is 0.933. The largest absolute Gasteiger partial charge is 0.383 e. The Bertz CT molecular complexity index is 284. The predicted molar refractivity (Wildman–Crippen MR) is 81.8 cm³/mol. The van der Waals surface area contributed by atoms with Gasteiger partial charge in [-0.15, -0.1) is 0 Å². The van der Waals surface area contributed by atoms with Crippen LogP contribution < -0.4 is 10.6 Å². The Balaban J connectivity index is 2.39. The van der Waals surface area contributed by atoms with E-state index in [9.17, 15) is 4.79 Å². The summed E-state index contributed by atoms with van der Waals surface area (Å²) in [6.07, 6.45) is 3.64. The molecule has 0 aliphatic carbocycles. The zero-order valence-corrected chi connectivity index (χ0v) is 13.4. The Morgan fingerprint density at radius 1 is 1.35 bits per heavy atom. The number of rotatable bonds is 8. The van der Waals surface area contributed by atoms with Gasteiger partial charge in [-0.3, -0.25) is 9.69 Å². The van der Waals surface area contributed by atoms with Crippen molar-refractivity contribution in [2.75, 3.05) is 33.4 Å². The standard InChI is InChI=1S/C15H31N3O2/c1-12(2)16-9-14-7-5-6-8-18(14)10-15(19)17-13(3)11-20-4/h12-14,16H,5-11H2,1-4H3,(H,17,19). The van der Waals surface area contributed by atoms with E-state index in [4.69, 9.17) is 4.74 Å². The van der Waals surface area contributed by atoms with Crippen molar-refractivity contribution in [2.24, 2.45) is 0 Å². The molecule has 1 aliphatic rings. The van der Waals surface area contributed by atoms with Crippen molar-refractivity contribution in [1.29, 1.82) is 0 Å². The van der Waals surface area contributed by atoms with Crippen LogP contribution >= 0.6 is 0 Å². The number of methoxy groups -OCH3 is 1. The average Bonchev–Trinajstić information content (AvgIpc) is 2.37. The van der Waals surface area contributed by atoms with Crippen molar-refractivity contribution in [3.05, 3.63) is 0 Å². The molecule has 20 heavy (non-hydrogen) atoms. The molecular formula is C15H31N3O2. The number of ether oxygens (including phenoxy) is 1. The van der Waals surface area contributed by atoms with Crippen LogP contribution in [0.3, 0.4) is 0 Å². The molecule has 5 heteroatoms. The van der Waals surface area contributed by atoms with Crippen LogP contribution in [0.25, 0.3) is 0 Å². The summed E-state index contributed by atoms with van der Waals surface area (Å²) in [6.45, 7) is 9.34. The van der Waals surface area contributed by atoms with Crippen molar-refractivity contribution in [1.82, 2.24) is 15.5 Å². The molecule has 2 N–H and O–H groups in total. The van der Waals surface area contributed by atoms with E-state index in [1.165, 1.54) is 19.3 Å². The summed E-state index contributed by atoms with van der Waals surface area (Å²) >= 11 is 0. The number of carbonyl (C=O) groups excluding carboxylic acids is 1.